The molecule has 0 unspecified atom stereocenters. The number of ether oxygens (including phenoxy) is 1. The van der Waals surface area contributed by atoms with E-state index in [2.05, 4.69) is 5.32 Å². The van der Waals surface area contributed by atoms with E-state index in [0.29, 0.717) is 17.9 Å². The summed E-state index contributed by atoms with van der Waals surface area (Å²) in [6.45, 7) is 1.68. The molecule has 29 heavy (non-hydrogen) atoms. The molecule has 1 aliphatic rings. The van der Waals surface area contributed by atoms with E-state index in [9.17, 15) is 19.5 Å². The molecule has 2 aromatic rings. The molecule has 1 heterocycles. The van der Waals surface area contributed by atoms with Crippen LogP contribution in [0.5, 0.6) is 11.5 Å². The summed E-state index contributed by atoms with van der Waals surface area (Å²) in [4.78, 5) is 38.0. The van der Waals surface area contributed by atoms with Crippen molar-refractivity contribution >= 4 is 52.2 Å². The first kappa shape index (κ1) is 20.8. The number of imide groups is 1. The number of carbonyl (C=O) groups excluding carboxylic acids is 3. The lowest BCUT2D eigenvalue weighted by Crippen LogP contribution is -2.36. The zero-order chi connectivity index (χ0) is 21.0. The average molecular weight is 433 g/mol. The van der Waals surface area contributed by atoms with Crippen LogP contribution in [0.25, 0.3) is 6.08 Å². The number of phenols is 1. The van der Waals surface area contributed by atoms with Gasteiger partial charge < -0.3 is 15.2 Å². The van der Waals surface area contributed by atoms with Gasteiger partial charge in [-0.1, -0.05) is 29.8 Å². The lowest BCUT2D eigenvalue weighted by Gasteiger charge is -2.12. The van der Waals surface area contributed by atoms with Gasteiger partial charge in [0.25, 0.3) is 11.1 Å². The third-order valence-corrected chi connectivity index (χ3v) is 5.08. The lowest BCUT2D eigenvalue weighted by molar-refractivity contribution is -0.127. The van der Waals surface area contributed by atoms with Crippen LogP contribution in [-0.4, -0.2) is 40.2 Å². The molecular formula is C20H17ClN2O5S. The minimum Gasteiger partial charge on any atom is -0.503 e. The largest absolute Gasteiger partial charge is 0.503 e. The summed E-state index contributed by atoms with van der Waals surface area (Å²) in [6.07, 6.45) is 1.47. The molecule has 0 aliphatic carbocycles. The van der Waals surface area contributed by atoms with Crippen molar-refractivity contribution in [2.24, 2.45) is 0 Å². The molecule has 1 aliphatic heterocycles. The Morgan fingerprint density at radius 3 is 2.69 bits per heavy atom. The van der Waals surface area contributed by atoms with E-state index in [1.54, 1.807) is 31.2 Å². The number of anilines is 1. The number of benzene rings is 2. The summed E-state index contributed by atoms with van der Waals surface area (Å²) in [7, 11) is 0. The number of aromatic hydroxyl groups is 1. The highest BCUT2D eigenvalue weighted by Gasteiger charge is 2.36. The van der Waals surface area contributed by atoms with Crippen molar-refractivity contribution in [3.05, 3.63) is 58.0 Å². The molecule has 0 bridgehead atoms. The standard InChI is InChI=1S/C20H17ClN2O5S/c1-2-28-15-9-12(8-14(21)18(15)25)10-16-19(26)23(20(27)29-16)11-17(24)22-13-6-4-3-5-7-13/h3-10,25H,2,11H2,1H3,(H,22,24)/b16-10+. The van der Waals surface area contributed by atoms with Crippen molar-refractivity contribution in [3.8, 4) is 11.5 Å². The molecule has 0 saturated carbocycles. The summed E-state index contributed by atoms with van der Waals surface area (Å²) < 4.78 is 5.32. The zero-order valence-electron chi connectivity index (χ0n) is 15.3. The van der Waals surface area contributed by atoms with Crippen LogP contribution in [0.4, 0.5) is 10.5 Å². The first-order chi connectivity index (χ1) is 13.9. The maximum absolute atomic E-state index is 12.6. The second-order valence-electron chi connectivity index (χ2n) is 5.96. The van der Waals surface area contributed by atoms with Gasteiger partial charge in [-0.25, -0.2) is 0 Å². The number of halogens is 1. The van der Waals surface area contributed by atoms with Gasteiger partial charge in [-0.3, -0.25) is 19.3 Å². The topological polar surface area (TPSA) is 95.9 Å². The maximum Gasteiger partial charge on any atom is 0.294 e. The number of phenolic OH excluding ortho intramolecular Hbond substituents is 1. The Kier molecular flexibility index (Phi) is 6.46. The average Bonchev–Trinajstić information content (AvgIpc) is 2.94. The van der Waals surface area contributed by atoms with Gasteiger partial charge in [-0.05, 0) is 54.6 Å². The number of para-hydroxylation sites is 1. The van der Waals surface area contributed by atoms with Crippen LogP contribution in [0.15, 0.2) is 47.4 Å². The monoisotopic (exact) mass is 432 g/mol. The molecule has 2 aromatic carbocycles. The molecule has 0 atom stereocenters. The van der Waals surface area contributed by atoms with Crippen molar-refractivity contribution < 1.29 is 24.2 Å². The fourth-order valence-corrected chi connectivity index (χ4v) is 3.65. The Morgan fingerprint density at radius 2 is 2.00 bits per heavy atom. The zero-order valence-corrected chi connectivity index (χ0v) is 16.9. The van der Waals surface area contributed by atoms with Gasteiger partial charge in [0.1, 0.15) is 6.54 Å². The van der Waals surface area contributed by atoms with Gasteiger partial charge >= 0.3 is 0 Å². The Labute approximate surface area is 176 Å². The number of carbonyl (C=O) groups is 3. The van der Waals surface area contributed by atoms with Crippen molar-refractivity contribution in [1.29, 1.82) is 0 Å². The van der Waals surface area contributed by atoms with Gasteiger partial charge in [0, 0.05) is 5.69 Å². The fraction of sp³-hybridized carbons (Fsp3) is 0.150. The summed E-state index contributed by atoms with van der Waals surface area (Å²) >= 11 is 6.72. The lowest BCUT2D eigenvalue weighted by atomic mass is 10.2. The van der Waals surface area contributed by atoms with E-state index in [1.165, 1.54) is 18.2 Å². The molecule has 1 saturated heterocycles. The second-order valence-corrected chi connectivity index (χ2v) is 7.36. The van der Waals surface area contributed by atoms with E-state index in [4.69, 9.17) is 16.3 Å². The normalized spacial score (nSPS) is 15.1. The Morgan fingerprint density at radius 1 is 1.28 bits per heavy atom. The minimum absolute atomic E-state index is 0.0590. The van der Waals surface area contributed by atoms with Crippen LogP contribution in [-0.2, 0) is 9.59 Å². The summed E-state index contributed by atoms with van der Waals surface area (Å²) in [5.41, 5.74) is 1.05. The fourth-order valence-electron chi connectivity index (χ4n) is 2.60. The molecule has 3 rings (SSSR count). The molecule has 0 aromatic heterocycles. The smallest absolute Gasteiger partial charge is 0.294 e. The van der Waals surface area contributed by atoms with Crippen LogP contribution >= 0.6 is 23.4 Å². The number of rotatable bonds is 6. The third-order valence-electron chi connectivity index (χ3n) is 3.88. The third kappa shape index (κ3) is 4.90. The van der Waals surface area contributed by atoms with E-state index in [1.807, 2.05) is 6.07 Å². The van der Waals surface area contributed by atoms with Crippen molar-refractivity contribution in [1.82, 2.24) is 4.90 Å². The summed E-state index contributed by atoms with van der Waals surface area (Å²) in [6, 6.07) is 11.7. The first-order valence-corrected chi connectivity index (χ1v) is 9.84. The first-order valence-electron chi connectivity index (χ1n) is 8.64. The Bertz CT molecular complexity index is 994. The molecular weight excluding hydrogens is 416 g/mol. The molecule has 3 amide bonds. The van der Waals surface area contributed by atoms with Crippen LogP contribution in [0.1, 0.15) is 12.5 Å². The number of amides is 3. The van der Waals surface area contributed by atoms with Crippen molar-refractivity contribution in [2.45, 2.75) is 6.92 Å². The quantitative estimate of drug-likeness (QED) is 0.666. The summed E-state index contributed by atoms with van der Waals surface area (Å²) in [5, 5.41) is 12.1. The molecule has 150 valence electrons. The van der Waals surface area contributed by atoms with Gasteiger partial charge in [-0.2, -0.15) is 0 Å². The van der Waals surface area contributed by atoms with Gasteiger partial charge in [0.2, 0.25) is 5.91 Å². The highest BCUT2D eigenvalue weighted by molar-refractivity contribution is 8.18. The van der Waals surface area contributed by atoms with Gasteiger partial charge in [-0.15, -0.1) is 0 Å². The number of nitrogens with zero attached hydrogens (tertiary/aromatic N) is 1. The van der Waals surface area contributed by atoms with Crippen LogP contribution < -0.4 is 10.1 Å². The molecule has 2 N–H and O–H groups in total. The molecule has 9 heteroatoms. The van der Waals surface area contributed by atoms with Crippen LogP contribution in [0.3, 0.4) is 0 Å². The van der Waals surface area contributed by atoms with Crippen LogP contribution in [0.2, 0.25) is 5.02 Å². The van der Waals surface area contributed by atoms with Crippen molar-refractivity contribution in [2.75, 3.05) is 18.5 Å². The van der Waals surface area contributed by atoms with E-state index >= 15 is 0 Å². The number of thioether (sulfide) groups is 1. The predicted molar refractivity (Wildman–Crippen MR) is 112 cm³/mol. The Balaban J connectivity index is 1.75. The summed E-state index contributed by atoms with van der Waals surface area (Å²) in [5.74, 6) is -1.08. The molecule has 0 spiro atoms. The maximum atomic E-state index is 12.6. The van der Waals surface area contributed by atoms with Gasteiger partial charge in [0.05, 0.1) is 16.5 Å². The van der Waals surface area contributed by atoms with Gasteiger partial charge in [0.15, 0.2) is 11.5 Å². The number of hydrogen-bond acceptors (Lipinski definition) is 6. The molecule has 0 radical (unpaired) electrons. The number of nitrogens with one attached hydrogen (secondary N) is 1. The highest BCUT2D eigenvalue weighted by atomic mass is 35.5. The van der Waals surface area contributed by atoms with E-state index in [0.717, 1.165) is 16.7 Å². The minimum atomic E-state index is -0.578. The highest BCUT2D eigenvalue weighted by Crippen LogP contribution is 2.38. The predicted octanol–water partition coefficient (Wildman–Crippen LogP) is 4.12. The molecule has 7 nitrogen and oxygen atoms in total. The van der Waals surface area contributed by atoms with E-state index in [-0.39, 0.29) is 21.4 Å². The Hall–Kier alpha value is -2.97. The van der Waals surface area contributed by atoms with E-state index < -0.39 is 23.6 Å². The SMILES string of the molecule is CCOc1cc(/C=C2/SC(=O)N(CC(=O)Nc3ccccc3)C2=O)cc(Cl)c1O. The van der Waals surface area contributed by atoms with Crippen molar-refractivity contribution in [3.63, 3.8) is 0 Å². The van der Waals surface area contributed by atoms with Crippen LogP contribution in [0, 0.1) is 0 Å². The number of hydrogen-bond donors (Lipinski definition) is 2. The second kappa shape index (κ2) is 9.02. The molecule has 1 fully saturated rings.